The van der Waals surface area contributed by atoms with Gasteiger partial charge in [0.05, 0.1) is 18.7 Å². The molecule has 1 fully saturated rings. The summed E-state index contributed by atoms with van der Waals surface area (Å²) in [4.78, 5) is 14.5. The quantitative estimate of drug-likeness (QED) is 0.909. The first kappa shape index (κ1) is 16.3. The molecule has 0 saturated carbocycles. The Balaban J connectivity index is 2.36. The van der Waals surface area contributed by atoms with Gasteiger partial charge in [-0.25, -0.2) is 0 Å². The second kappa shape index (κ2) is 6.77. The third-order valence-corrected chi connectivity index (χ3v) is 4.17. The normalized spacial score (nSPS) is 23.9. The molecule has 0 aliphatic carbocycles. The lowest BCUT2D eigenvalue weighted by Crippen LogP contribution is -2.45. The molecule has 0 bridgehead atoms. The Morgan fingerprint density at radius 3 is 2.71 bits per heavy atom. The Labute approximate surface area is 131 Å². The molecule has 1 aliphatic heterocycles. The fourth-order valence-corrected chi connectivity index (χ4v) is 2.99. The molecule has 2 rings (SSSR count). The van der Waals surface area contributed by atoms with E-state index in [0.29, 0.717) is 17.5 Å². The molecular weight excluding hydrogens is 288 g/mol. The largest absolute Gasteiger partial charge is 0.383 e. The van der Waals surface area contributed by atoms with E-state index in [-0.39, 0.29) is 24.2 Å². The predicted octanol–water partition coefficient (Wildman–Crippen LogP) is 2.83. The van der Waals surface area contributed by atoms with E-state index in [1.807, 2.05) is 36.1 Å². The maximum absolute atomic E-state index is 12.6. The summed E-state index contributed by atoms with van der Waals surface area (Å²) in [5.74, 6) is 0.415. The van der Waals surface area contributed by atoms with Crippen LogP contribution in [0.1, 0.15) is 32.5 Å². The van der Waals surface area contributed by atoms with Gasteiger partial charge in [-0.1, -0.05) is 37.6 Å². The van der Waals surface area contributed by atoms with E-state index >= 15 is 0 Å². The number of hydrogen-bond donors (Lipinski definition) is 1. The minimum atomic E-state index is -0.202. The number of ether oxygens (including phenoxy) is 1. The van der Waals surface area contributed by atoms with Gasteiger partial charge in [-0.2, -0.15) is 0 Å². The van der Waals surface area contributed by atoms with Crippen molar-refractivity contribution in [1.29, 1.82) is 0 Å². The van der Waals surface area contributed by atoms with Crippen LogP contribution in [0.15, 0.2) is 24.3 Å². The van der Waals surface area contributed by atoms with Gasteiger partial charge in [0.2, 0.25) is 5.91 Å². The summed E-state index contributed by atoms with van der Waals surface area (Å²) >= 11 is 6.09. The molecule has 1 N–H and O–H groups in total. The minimum absolute atomic E-state index is 0.0314. The monoisotopic (exact) mass is 310 g/mol. The van der Waals surface area contributed by atoms with Gasteiger partial charge in [0, 0.05) is 12.1 Å². The summed E-state index contributed by atoms with van der Waals surface area (Å²) in [5.41, 5.74) is 1.00. The van der Waals surface area contributed by atoms with Crippen molar-refractivity contribution in [3.05, 3.63) is 34.9 Å². The number of nitrogens with one attached hydrogen (secondary N) is 1. The number of carbonyl (C=O) groups excluding carboxylic acids is 1. The molecule has 116 valence electrons. The molecule has 1 heterocycles. The van der Waals surface area contributed by atoms with Crippen molar-refractivity contribution in [2.75, 3.05) is 13.7 Å². The van der Waals surface area contributed by atoms with Crippen molar-refractivity contribution in [1.82, 2.24) is 10.2 Å². The summed E-state index contributed by atoms with van der Waals surface area (Å²) in [7, 11) is 1.67. The summed E-state index contributed by atoms with van der Waals surface area (Å²) in [6, 6.07) is 7.47. The second-order valence-corrected chi connectivity index (χ2v) is 6.29. The van der Waals surface area contributed by atoms with Gasteiger partial charge >= 0.3 is 0 Å². The zero-order valence-electron chi connectivity index (χ0n) is 13.0. The number of carbonyl (C=O) groups is 1. The third-order valence-electron chi connectivity index (χ3n) is 3.94. The molecule has 1 aliphatic rings. The third kappa shape index (κ3) is 3.39. The van der Waals surface area contributed by atoms with Crippen molar-refractivity contribution in [3.63, 3.8) is 0 Å². The van der Waals surface area contributed by atoms with Crippen LogP contribution in [0.5, 0.6) is 0 Å². The van der Waals surface area contributed by atoms with Crippen LogP contribution in [0.25, 0.3) is 0 Å². The second-order valence-electron chi connectivity index (χ2n) is 5.86. The Hall–Kier alpha value is -1.10. The lowest BCUT2D eigenvalue weighted by molar-refractivity contribution is -0.134. The van der Waals surface area contributed by atoms with E-state index in [1.54, 1.807) is 7.11 Å². The molecule has 0 aromatic heterocycles. The minimum Gasteiger partial charge on any atom is -0.383 e. The van der Waals surface area contributed by atoms with Crippen molar-refractivity contribution in [2.45, 2.75) is 39.0 Å². The highest BCUT2D eigenvalue weighted by atomic mass is 35.5. The fourth-order valence-electron chi connectivity index (χ4n) is 2.79. The molecule has 0 radical (unpaired) electrons. The van der Waals surface area contributed by atoms with Crippen LogP contribution in [-0.2, 0) is 9.53 Å². The molecule has 1 saturated heterocycles. The molecule has 3 unspecified atom stereocenters. The Morgan fingerprint density at radius 1 is 1.43 bits per heavy atom. The first-order valence-electron chi connectivity index (χ1n) is 7.28. The number of hydrogen-bond acceptors (Lipinski definition) is 3. The summed E-state index contributed by atoms with van der Waals surface area (Å²) in [6.45, 7) is 6.63. The maximum atomic E-state index is 12.6. The van der Waals surface area contributed by atoms with E-state index in [0.717, 1.165) is 5.56 Å². The average molecular weight is 311 g/mol. The molecule has 3 atom stereocenters. The molecular formula is C16H23ClN2O2. The SMILES string of the molecule is COCC(C(C)C)N1C(=O)C(C)NC1c1cccc(Cl)c1. The van der Waals surface area contributed by atoms with Gasteiger partial charge in [0.25, 0.3) is 0 Å². The van der Waals surface area contributed by atoms with Crippen LogP contribution < -0.4 is 5.32 Å². The standard InChI is InChI=1S/C16H23ClN2O2/c1-10(2)14(9-21-4)19-15(18-11(3)16(19)20)12-6-5-7-13(17)8-12/h5-8,10-11,14-15,18H,9H2,1-4H3. The highest BCUT2D eigenvalue weighted by molar-refractivity contribution is 6.30. The predicted molar refractivity (Wildman–Crippen MR) is 84.1 cm³/mol. The van der Waals surface area contributed by atoms with Crippen LogP contribution >= 0.6 is 11.6 Å². The number of rotatable bonds is 5. The fraction of sp³-hybridized carbons (Fsp3) is 0.562. The first-order valence-corrected chi connectivity index (χ1v) is 7.66. The highest BCUT2D eigenvalue weighted by Gasteiger charge is 2.42. The average Bonchev–Trinajstić information content (AvgIpc) is 2.72. The van der Waals surface area contributed by atoms with Gasteiger partial charge in [0.1, 0.15) is 6.17 Å². The molecule has 21 heavy (non-hydrogen) atoms. The molecule has 1 amide bonds. The van der Waals surface area contributed by atoms with Gasteiger partial charge in [-0.3, -0.25) is 10.1 Å². The Bertz CT molecular complexity index is 507. The van der Waals surface area contributed by atoms with E-state index in [4.69, 9.17) is 16.3 Å². The lowest BCUT2D eigenvalue weighted by Gasteiger charge is -2.35. The highest BCUT2D eigenvalue weighted by Crippen LogP contribution is 2.31. The zero-order valence-corrected chi connectivity index (χ0v) is 13.7. The molecule has 4 nitrogen and oxygen atoms in total. The van der Waals surface area contributed by atoms with Crippen LogP contribution in [-0.4, -0.2) is 36.6 Å². The van der Waals surface area contributed by atoms with Crippen molar-refractivity contribution < 1.29 is 9.53 Å². The summed E-state index contributed by atoms with van der Waals surface area (Å²) in [5, 5.41) is 4.03. The van der Waals surface area contributed by atoms with Gasteiger partial charge in [-0.05, 0) is 30.5 Å². The number of halogens is 1. The van der Waals surface area contributed by atoms with Crippen molar-refractivity contribution in [3.8, 4) is 0 Å². The number of methoxy groups -OCH3 is 1. The van der Waals surface area contributed by atoms with Gasteiger partial charge < -0.3 is 9.64 Å². The van der Waals surface area contributed by atoms with Crippen LogP contribution in [0.2, 0.25) is 5.02 Å². The topological polar surface area (TPSA) is 41.6 Å². The van der Waals surface area contributed by atoms with E-state index in [9.17, 15) is 4.79 Å². The van der Waals surface area contributed by atoms with Crippen LogP contribution in [0.4, 0.5) is 0 Å². The van der Waals surface area contributed by atoms with Crippen molar-refractivity contribution in [2.24, 2.45) is 5.92 Å². The van der Waals surface area contributed by atoms with E-state index < -0.39 is 0 Å². The molecule has 1 aromatic rings. The van der Waals surface area contributed by atoms with E-state index in [2.05, 4.69) is 19.2 Å². The summed E-state index contributed by atoms with van der Waals surface area (Å²) < 4.78 is 5.32. The van der Waals surface area contributed by atoms with Crippen molar-refractivity contribution >= 4 is 17.5 Å². The molecule has 1 aromatic carbocycles. The number of benzene rings is 1. The number of amides is 1. The maximum Gasteiger partial charge on any atom is 0.241 e. The zero-order chi connectivity index (χ0) is 15.6. The smallest absolute Gasteiger partial charge is 0.241 e. The lowest BCUT2D eigenvalue weighted by atomic mass is 10.0. The first-order chi connectivity index (χ1) is 9.95. The van der Waals surface area contributed by atoms with Gasteiger partial charge in [0.15, 0.2) is 0 Å². The Morgan fingerprint density at radius 2 is 2.14 bits per heavy atom. The van der Waals surface area contributed by atoms with Crippen LogP contribution in [0.3, 0.4) is 0 Å². The van der Waals surface area contributed by atoms with Gasteiger partial charge in [-0.15, -0.1) is 0 Å². The number of nitrogens with zero attached hydrogens (tertiary/aromatic N) is 1. The van der Waals surface area contributed by atoms with Crippen LogP contribution in [0, 0.1) is 5.92 Å². The van der Waals surface area contributed by atoms with E-state index in [1.165, 1.54) is 0 Å². The summed E-state index contributed by atoms with van der Waals surface area (Å²) in [6.07, 6.45) is -0.159. The Kier molecular flexibility index (Phi) is 5.25. The molecule has 5 heteroatoms. The molecule has 0 spiro atoms.